The van der Waals surface area contributed by atoms with Gasteiger partial charge in [0.05, 0.1) is 7.11 Å². The number of nitrogens with one attached hydrogen (secondary N) is 2. The number of esters is 1. The van der Waals surface area contributed by atoms with Crippen LogP contribution in [0.4, 0.5) is 5.82 Å². The number of carbonyl (C=O) groups excluding carboxylic acids is 3. The van der Waals surface area contributed by atoms with Gasteiger partial charge in [0.1, 0.15) is 18.2 Å². The molecule has 0 radical (unpaired) electrons. The van der Waals surface area contributed by atoms with Crippen LogP contribution < -0.4 is 15.4 Å². The van der Waals surface area contributed by atoms with Crippen LogP contribution in [-0.4, -0.2) is 29.8 Å². The molecule has 0 unspecified atom stereocenters. The number of carbonyl (C=O) groups is 3. The largest absolute Gasteiger partial charge is 0.496 e. The first-order valence-corrected chi connectivity index (χ1v) is 13.6. The first kappa shape index (κ1) is 27.8. The molecule has 1 aliphatic heterocycles. The number of anilines is 1. The predicted molar refractivity (Wildman–Crippen MR) is 155 cm³/mol. The van der Waals surface area contributed by atoms with E-state index in [1.807, 2.05) is 68.4 Å². The molecule has 2 N–H and O–H groups in total. The maximum absolute atomic E-state index is 13.9. The minimum Gasteiger partial charge on any atom is -0.496 e. The van der Waals surface area contributed by atoms with Gasteiger partial charge in [0.25, 0.3) is 5.91 Å². The molecule has 2 atom stereocenters. The Balaban J connectivity index is 1.61. The summed E-state index contributed by atoms with van der Waals surface area (Å²) in [4.78, 5) is 43.8. The zero-order chi connectivity index (χ0) is 29.1. The Bertz CT molecular complexity index is 1570. The standard InChI is InChI=1S/C33H33N3O5/c1-19-9-8-14-34-32(19)36-33(39)29-20(2)35-26-16-24(22-10-6-5-7-11-22)17-27(38)31(26)30(29)23-12-13-28(40-4)25(15-23)18-41-21(3)37/h5-15,24,30,35H,16-18H2,1-4H3,(H,34,36,39)/t24-,30+/m1/s1. The molecule has 1 amide bonds. The van der Waals surface area contributed by atoms with Gasteiger partial charge in [-0.1, -0.05) is 42.5 Å². The average molecular weight is 552 g/mol. The van der Waals surface area contributed by atoms with Crippen molar-refractivity contribution >= 4 is 23.5 Å². The van der Waals surface area contributed by atoms with Crippen molar-refractivity contribution in [3.8, 4) is 5.75 Å². The number of pyridine rings is 1. The van der Waals surface area contributed by atoms with Crippen LogP contribution in [0.25, 0.3) is 0 Å². The Morgan fingerprint density at radius 2 is 1.80 bits per heavy atom. The van der Waals surface area contributed by atoms with Gasteiger partial charge in [-0.05, 0) is 61.1 Å². The Morgan fingerprint density at radius 3 is 2.51 bits per heavy atom. The lowest BCUT2D eigenvalue weighted by molar-refractivity contribution is -0.142. The normalized spacial score (nSPS) is 18.4. The molecule has 41 heavy (non-hydrogen) atoms. The van der Waals surface area contributed by atoms with Crippen molar-refractivity contribution in [2.75, 3.05) is 12.4 Å². The van der Waals surface area contributed by atoms with Crippen molar-refractivity contribution in [1.29, 1.82) is 0 Å². The van der Waals surface area contributed by atoms with Gasteiger partial charge in [-0.15, -0.1) is 0 Å². The van der Waals surface area contributed by atoms with Gasteiger partial charge in [-0.25, -0.2) is 4.98 Å². The van der Waals surface area contributed by atoms with Crippen LogP contribution >= 0.6 is 0 Å². The number of ketones is 1. The highest BCUT2D eigenvalue weighted by atomic mass is 16.5. The first-order chi connectivity index (χ1) is 19.8. The monoisotopic (exact) mass is 551 g/mol. The van der Waals surface area contributed by atoms with Crippen molar-refractivity contribution in [2.24, 2.45) is 0 Å². The molecule has 1 aliphatic carbocycles. The average Bonchev–Trinajstić information content (AvgIpc) is 2.96. The van der Waals surface area contributed by atoms with Crippen LogP contribution in [0.5, 0.6) is 5.75 Å². The second-order valence-electron chi connectivity index (χ2n) is 10.4. The SMILES string of the molecule is COc1ccc([C@H]2C(C(=O)Nc3ncccc3C)=C(C)NC3=C2C(=O)C[C@H](c2ccccc2)C3)cc1COC(C)=O. The molecule has 8 heteroatoms. The van der Waals surface area contributed by atoms with Crippen LogP contribution in [0.2, 0.25) is 0 Å². The Kier molecular flexibility index (Phi) is 8.01. The van der Waals surface area contributed by atoms with Crippen LogP contribution in [0.3, 0.4) is 0 Å². The number of amides is 1. The molecule has 3 aromatic rings. The third-order valence-electron chi connectivity index (χ3n) is 7.65. The number of ether oxygens (including phenoxy) is 2. The second kappa shape index (κ2) is 11.8. The van der Waals surface area contributed by atoms with E-state index in [1.54, 1.807) is 19.4 Å². The fourth-order valence-electron chi connectivity index (χ4n) is 5.70. The van der Waals surface area contributed by atoms with E-state index < -0.39 is 11.9 Å². The molecule has 0 bridgehead atoms. The summed E-state index contributed by atoms with van der Waals surface area (Å²) >= 11 is 0. The van der Waals surface area contributed by atoms with Gasteiger partial charge >= 0.3 is 5.97 Å². The van der Waals surface area contributed by atoms with E-state index in [2.05, 4.69) is 15.6 Å². The number of benzene rings is 2. The molecular weight excluding hydrogens is 518 g/mol. The number of methoxy groups -OCH3 is 1. The predicted octanol–water partition coefficient (Wildman–Crippen LogP) is 5.46. The van der Waals surface area contributed by atoms with Crippen LogP contribution in [0.1, 0.15) is 60.8 Å². The highest BCUT2D eigenvalue weighted by Gasteiger charge is 2.41. The smallest absolute Gasteiger partial charge is 0.302 e. The zero-order valence-corrected chi connectivity index (χ0v) is 23.6. The van der Waals surface area contributed by atoms with Gasteiger partial charge in [-0.2, -0.15) is 0 Å². The maximum Gasteiger partial charge on any atom is 0.302 e. The third kappa shape index (κ3) is 5.77. The Labute approximate surface area is 239 Å². The van der Waals surface area contributed by atoms with Crippen molar-refractivity contribution < 1.29 is 23.9 Å². The van der Waals surface area contributed by atoms with Crippen molar-refractivity contribution in [3.05, 3.63) is 112 Å². The van der Waals surface area contributed by atoms with Crippen LogP contribution in [0.15, 0.2) is 89.4 Å². The lowest BCUT2D eigenvalue weighted by Crippen LogP contribution is -2.37. The second-order valence-corrected chi connectivity index (χ2v) is 10.4. The topological polar surface area (TPSA) is 107 Å². The van der Waals surface area contributed by atoms with Crippen molar-refractivity contribution in [1.82, 2.24) is 10.3 Å². The maximum atomic E-state index is 13.9. The highest BCUT2D eigenvalue weighted by Crippen LogP contribution is 2.46. The molecule has 0 saturated carbocycles. The highest BCUT2D eigenvalue weighted by molar-refractivity contribution is 6.09. The van der Waals surface area contributed by atoms with E-state index >= 15 is 0 Å². The fraction of sp³-hybridized carbons (Fsp3) is 0.273. The zero-order valence-electron chi connectivity index (χ0n) is 23.6. The number of hydrogen-bond acceptors (Lipinski definition) is 7. The van der Waals surface area contributed by atoms with E-state index in [-0.39, 0.29) is 24.2 Å². The fourth-order valence-corrected chi connectivity index (χ4v) is 5.70. The van der Waals surface area contributed by atoms with Gasteiger partial charge in [0, 0.05) is 53.6 Å². The molecule has 5 rings (SSSR count). The minimum atomic E-state index is -0.638. The Hall–Kier alpha value is -4.72. The number of allylic oxidation sites excluding steroid dienone is 3. The molecule has 2 heterocycles. The molecule has 2 aromatic carbocycles. The van der Waals surface area contributed by atoms with Crippen molar-refractivity contribution in [3.63, 3.8) is 0 Å². The van der Waals surface area contributed by atoms with E-state index in [0.29, 0.717) is 46.8 Å². The van der Waals surface area contributed by atoms with Gasteiger partial charge in [0.15, 0.2) is 5.78 Å². The van der Waals surface area contributed by atoms with Crippen LogP contribution in [-0.2, 0) is 25.7 Å². The Morgan fingerprint density at radius 1 is 1.02 bits per heavy atom. The quantitative estimate of drug-likeness (QED) is 0.376. The lowest BCUT2D eigenvalue weighted by Gasteiger charge is -2.37. The number of Topliss-reactive ketones (excluding diaryl/α,β-unsaturated/α-hetero) is 1. The van der Waals surface area contributed by atoms with Gasteiger partial charge in [-0.3, -0.25) is 14.4 Å². The third-order valence-corrected chi connectivity index (χ3v) is 7.65. The molecule has 0 spiro atoms. The summed E-state index contributed by atoms with van der Waals surface area (Å²) in [5.41, 5.74) is 5.80. The summed E-state index contributed by atoms with van der Waals surface area (Å²) < 4.78 is 10.8. The molecule has 0 saturated heterocycles. The number of aryl methyl sites for hydroxylation is 1. The number of dihydropyridines is 1. The molecule has 0 fully saturated rings. The molecule has 1 aromatic heterocycles. The van der Waals surface area contributed by atoms with E-state index in [1.165, 1.54) is 6.92 Å². The van der Waals surface area contributed by atoms with E-state index in [0.717, 1.165) is 22.4 Å². The van der Waals surface area contributed by atoms with Gasteiger partial charge in [0.2, 0.25) is 0 Å². The summed E-state index contributed by atoms with van der Waals surface area (Å²) in [5, 5.41) is 6.38. The lowest BCUT2D eigenvalue weighted by atomic mass is 9.71. The first-order valence-electron chi connectivity index (χ1n) is 13.6. The van der Waals surface area contributed by atoms with Gasteiger partial charge < -0.3 is 20.1 Å². The molecule has 2 aliphatic rings. The number of nitrogens with zero attached hydrogens (tertiary/aromatic N) is 1. The van der Waals surface area contributed by atoms with Crippen molar-refractivity contribution in [2.45, 2.75) is 52.1 Å². The summed E-state index contributed by atoms with van der Waals surface area (Å²) in [6.45, 7) is 5.08. The van der Waals surface area contributed by atoms with Crippen LogP contribution in [0, 0.1) is 6.92 Å². The van der Waals surface area contributed by atoms with E-state index in [4.69, 9.17) is 9.47 Å². The number of hydrogen-bond donors (Lipinski definition) is 2. The summed E-state index contributed by atoms with van der Waals surface area (Å²) in [6.07, 6.45) is 2.61. The number of aromatic nitrogens is 1. The minimum absolute atomic E-state index is 0.00457. The molecular formula is C33H33N3O5. The summed E-state index contributed by atoms with van der Waals surface area (Å²) in [7, 11) is 1.55. The molecule has 210 valence electrons. The summed E-state index contributed by atoms with van der Waals surface area (Å²) in [5.74, 6) is -0.369. The summed E-state index contributed by atoms with van der Waals surface area (Å²) in [6, 6.07) is 19.2. The number of rotatable bonds is 7. The molecule has 8 nitrogen and oxygen atoms in total. The van der Waals surface area contributed by atoms with E-state index in [9.17, 15) is 14.4 Å².